The summed E-state index contributed by atoms with van der Waals surface area (Å²) in [5, 5.41) is 6.95. The van der Waals surface area contributed by atoms with Gasteiger partial charge in [0.05, 0.1) is 0 Å². The van der Waals surface area contributed by atoms with E-state index in [0.717, 1.165) is 11.0 Å². The Hall–Kier alpha value is -1.43. The minimum atomic E-state index is 0.422. The average molecular weight is 297 g/mol. The molecule has 2 aromatic heterocycles. The molecule has 0 aliphatic heterocycles. The topological polar surface area (TPSA) is 63.8 Å². The van der Waals surface area contributed by atoms with Crippen LogP contribution in [0.1, 0.15) is 13.8 Å². The van der Waals surface area contributed by atoms with Crippen molar-refractivity contribution in [3.8, 4) is 11.5 Å². The molecule has 5 nitrogen and oxygen atoms in total. The monoisotopic (exact) mass is 296 g/mol. The van der Waals surface area contributed by atoms with Crippen LogP contribution in [0.2, 0.25) is 0 Å². The van der Waals surface area contributed by atoms with Gasteiger partial charge in [-0.05, 0) is 34.0 Å². The van der Waals surface area contributed by atoms with Gasteiger partial charge >= 0.3 is 6.01 Å². The van der Waals surface area contributed by atoms with E-state index in [9.17, 15) is 0 Å². The highest BCUT2D eigenvalue weighted by atomic mass is 79.9. The number of anilines is 1. The average Bonchev–Trinajstić information content (AvgIpc) is 2.75. The van der Waals surface area contributed by atoms with Gasteiger partial charge in [-0.2, -0.15) is 4.98 Å². The number of nitrogens with zero attached hydrogens (tertiary/aromatic N) is 3. The Morgan fingerprint density at radius 1 is 1.47 bits per heavy atom. The van der Waals surface area contributed by atoms with Crippen molar-refractivity contribution in [3.63, 3.8) is 0 Å². The number of hydrogen-bond acceptors (Lipinski definition) is 5. The zero-order valence-electron chi connectivity index (χ0n) is 9.64. The van der Waals surface area contributed by atoms with Gasteiger partial charge in [0.15, 0.2) is 0 Å². The maximum Gasteiger partial charge on any atom is 0.321 e. The van der Waals surface area contributed by atoms with Crippen molar-refractivity contribution in [3.05, 3.63) is 22.8 Å². The summed E-state index contributed by atoms with van der Waals surface area (Å²) in [4.78, 5) is 8.43. The molecule has 0 aromatic carbocycles. The molecule has 0 unspecified atom stereocenters. The molecule has 0 aliphatic carbocycles. The van der Waals surface area contributed by atoms with Crippen LogP contribution in [-0.4, -0.2) is 21.7 Å². The molecule has 2 heterocycles. The predicted molar refractivity (Wildman–Crippen MR) is 68.6 cm³/mol. The molecule has 6 heteroatoms. The minimum absolute atomic E-state index is 0.422. The molecule has 0 radical (unpaired) electrons. The molecule has 90 valence electrons. The summed E-state index contributed by atoms with van der Waals surface area (Å²) < 4.78 is 5.94. The number of halogens is 1. The van der Waals surface area contributed by atoms with Gasteiger partial charge in [0, 0.05) is 17.2 Å². The Morgan fingerprint density at radius 2 is 2.29 bits per heavy atom. The Balaban J connectivity index is 2.16. The van der Waals surface area contributed by atoms with Crippen LogP contribution in [-0.2, 0) is 0 Å². The third-order valence-corrected chi connectivity index (χ3v) is 2.70. The van der Waals surface area contributed by atoms with Gasteiger partial charge in [0.25, 0.3) is 0 Å². The number of aromatic nitrogens is 3. The van der Waals surface area contributed by atoms with Crippen LogP contribution in [0.25, 0.3) is 11.5 Å². The highest BCUT2D eigenvalue weighted by Gasteiger charge is 2.12. The number of nitrogens with one attached hydrogen (secondary N) is 1. The van der Waals surface area contributed by atoms with Gasteiger partial charge in [-0.15, -0.1) is 0 Å². The largest absolute Gasteiger partial charge is 0.337 e. The summed E-state index contributed by atoms with van der Waals surface area (Å²) >= 11 is 3.40. The lowest BCUT2D eigenvalue weighted by Gasteiger charge is -2.02. The second kappa shape index (κ2) is 5.27. The third kappa shape index (κ3) is 3.03. The van der Waals surface area contributed by atoms with Crippen LogP contribution in [0.3, 0.4) is 0 Å². The zero-order chi connectivity index (χ0) is 12.3. The zero-order valence-corrected chi connectivity index (χ0v) is 11.2. The van der Waals surface area contributed by atoms with E-state index in [0.29, 0.717) is 23.5 Å². The van der Waals surface area contributed by atoms with E-state index in [4.69, 9.17) is 4.52 Å². The van der Waals surface area contributed by atoms with Gasteiger partial charge in [0.1, 0.15) is 5.69 Å². The van der Waals surface area contributed by atoms with Gasteiger partial charge < -0.3 is 9.84 Å². The van der Waals surface area contributed by atoms with Crippen molar-refractivity contribution in [1.82, 2.24) is 15.1 Å². The molecule has 0 saturated carbocycles. The minimum Gasteiger partial charge on any atom is -0.337 e. The normalized spacial score (nSPS) is 10.8. The van der Waals surface area contributed by atoms with Crippen LogP contribution < -0.4 is 5.32 Å². The lowest BCUT2D eigenvalue weighted by molar-refractivity contribution is 0.429. The lowest BCUT2D eigenvalue weighted by Crippen LogP contribution is -2.07. The summed E-state index contributed by atoms with van der Waals surface area (Å²) in [5.74, 6) is 0.996. The van der Waals surface area contributed by atoms with Crippen LogP contribution in [0.15, 0.2) is 27.3 Å². The van der Waals surface area contributed by atoms with E-state index >= 15 is 0 Å². The van der Waals surface area contributed by atoms with E-state index in [1.807, 2.05) is 12.1 Å². The molecule has 1 N–H and O–H groups in total. The van der Waals surface area contributed by atoms with Crippen molar-refractivity contribution in [2.75, 3.05) is 11.9 Å². The van der Waals surface area contributed by atoms with Gasteiger partial charge in [-0.1, -0.05) is 19.0 Å². The number of hydrogen-bond donors (Lipinski definition) is 1. The van der Waals surface area contributed by atoms with Crippen molar-refractivity contribution in [1.29, 1.82) is 0 Å². The molecule has 0 spiro atoms. The van der Waals surface area contributed by atoms with E-state index in [1.54, 1.807) is 6.20 Å². The van der Waals surface area contributed by atoms with E-state index < -0.39 is 0 Å². The molecular formula is C11H13BrN4O. The van der Waals surface area contributed by atoms with Gasteiger partial charge in [-0.25, -0.2) is 0 Å². The van der Waals surface area contributed by atoms with Crippen LogP contribution in [0.4, 0.5) is 6.01 Å². The molecule has 2 aromatic rings. The summed E-state index contributed by atoms with van der Waals surface area (Å²) in [6.45, 7) is 5.02. The molecule has 0 amide bonds. The quantitative estimate of drug-likeness (QED) is 0.940. The molecule has 0 aliphatic rings. The molecule has 0 fully saturated rings. The van der Waals surface area contributed by atoms with Crippen LogP contribution in [0.5, 0.6) is 0 Å². The van der Waals surface area contributed by atoms with Gasteiger partial charge in [0.2, 0.25) is 5.82 Å². The van der Waals surface area contributed by atoms with Crippen molar-refractivity contribution < 1.29 is 4.52 Å². The molecule has 0 bridgehead atoms. The fraction of sp³-hybridized carbons (Fsp3) is 0.364. The maximum absolute atomic E-state index is 5.09. The first-order valence-electron chi connectivity index (χ1n) is 5.35. The molecule has 0 atom stereocenters. The summed E-state index contributed by atoms with van der Waals surface area (Å²) in [6, 6.07) is 4.15. The molecular weight excluding hydrogens is 284 g/mol. The fourth-order valence-electron chi connectivity index (χ4n) is 1.23. The summed E-state index contributed by atoms with van der Waals surface area (Å²) in [7, 11) is 0. The SMILES string of the molecule is CC(C)CNc1nc(-c2ncccc2Br)no1. The molecule has 17 heavy (non-hydrogen) atoms. The first-order valence-corrected chi connectivity index (χ1v) is 6.14. The van der Waals surface area contributed by atoms with Crippen molar-refractivity contribution in [2.45, 2.75) is 13.8 Å². The summed E-state index contributed by atoms with van der Waals surface area (Å²) in [5.41, 5.74) is 0.675. The number of pyridine rings is 1. The maximum atomic E-state index is 5.09. The number of rotatable bonds is 4. The first kappa shape index (κ1) is 12.0. The van der Waals surface area contributed by atoms with E-state index in [1.165, 1.54) is 0 Å². The second-order valence-corrected chi connectivity index (χ2v) is 4.89. The van der Waals surface area contributed by atoms with E-state index in [2.05, 4.69) is 50.2 Å². The predicted octanol–water partition coefficient (Wildman–Crippen LogP) is 2.96. The van der Waals surface area contributed by atoms with Gasteiger partial charge in [-0.3, -0.25) is 4.98 Å². The Morgan fingerprint density at radius 3 is 3.00 bits per heavy atom. The molecule has 2 rings (SSSR count). The first-order chi connectivity index (χ1) is 8.16. The third-order valence-electron chi connectivity index (χ3n) is 2.06. The summed E-state index contributed by atoms with van der Waals surface area (Å²) in [6.07, 6.45) is 1.69. The highest BCUT2D eigenvalue weighted by Crippen LogP contribution is 2.23. The lowest BCUT2D eigenvalue weighted by atomic mass is 10.2. The Bertz CT molecular complexity index is 498. The standard InChI is InChI=1S/C11H13BrN4O/c1-7(2)6-14-11-15-10(16-17-11)9-8(12)4-3-5-13-9/h3-5,7H,6H2,1-2H3,(H,14,15,16). The second-order valence-electron chi connectivity index (χ2n) is 4.03. The Kier molecular flexibility index (Phi) is 3.73. The smallest absolute Gasteiger partial charge is 0.321 e. The van der Waals surface area contributed by atoms with Crippen LogP contribution >= 0.6 is 15.9 Å². The Labute approximate surface area is 108 Å². The highest BCUT2D eigenvalue weighted by molar-refractivity contribution is 9.10. The van der Waals surface area contributed by atoms with E-state index in [-0.39, 0.29) is 0 Å². The van der Waals surface area contributed by atoms with Crippen molar-refractivity contribution >= 4 is 21.9 Å². The van der Waals surface area contributed by atoms with Crippen molar-refractivity contribution in [2.24, 2.45) is 5.92 Å². The fourth-order valence-corrected chi connectivity index (χ4v) is 1.67. The molecule has 0 saturated heterocycles. The van der Waals surface area contributed by atoms with Crippen LogP contribution in [0, 0.1) is 5.92 Å².